The minimum atomic E-state index is -0.247. The van der Waals surface area contributed by atoms with Gasteiger partial charge in [0.15, 0.2) is 0 Å². The Morgan fingerprint density at radius 2 is 1.95 bits per heavy atom. The smallest absolute Gasteiger partial charge is 0.133 e. The number of phenolic OH excluding ortho intramolecular Hbond substituents is 1. The van der Waals surface area contributed by atoms with E-state index in [1.807, 2.05) is 6.07 Å². The lowest BCUT2D eigenvalue weighted by molar-refractivity contribution is 0.158. The summed E-state index contributed by atoms with van der Waals surface area (Å²) in [5.74, 6) is 1.05. The number of hydrogen-bond acceptors (Lipinski definition) is 2. The van der Waals surface area contributed by atoms with Crippen LogP contribution < -0.4 is 4.74 Å². The van der Waals surface area contributed by atoms with E-state index in [4.69, 9.17) is 4.74 Å². The predicted molar refractivity (Wildman–Crippen MR) is 86.5 cm³/mol. The van der Waals surface area contributed by atoms with Crippen molar-refractivity contribution in [1.29, 1.82) is 0 Å². The summed E-state index contributed by atoms with van der Waals surface area (Å²) in [5.41, 5.74) is 1.91. The first-order valence-corrected chi connectivity index (χ1v) is 7.78. The van der Waals surface area contributed by atoms with Crippen molar-refractivity contribution in [2.75, 3.05) is 7.11 Å². The molecule has 0 heterocycles. The Morgan fingerprint density at radius 1 is 1.30 bits per heavy atom. The fraction of sp³-hybridized carbons (Fsp3) is 0.529. The highest BCUT2D eigenvalue weighted by molar-refractivity contribution is 9.10. The van der Waals surface area contributed by atoms with E-state index >= 15 is 0 Å². The van der Waals surface area contributed by atoms with Gasteiger partial charge in [0.05, 0.1) is 11.6 Å². The van der Waals surface area contributed by atoms with Gasteiger partial charge in [-0.05, 0) is 52.7 Å². The predicted octanol–water partition coefficient (Wildman–Crippen LogP) is 5.19. The minimum absolute atomic E-state index is 0.0542. The highest BCUT2D eigenvalue weighted by Crippen LogP contribution is 2.56. The fourth-order valence-corrected chi connectivity index (χ4v) is 3.87. The highest BCUT2D eigenvalue weighted by atomic mass is 79.9. The molecule has 20 heavy (non-hydrogen) atoms. The van der Waals surface area contributed by atoms with E-state index in [9.17, 15) is 5.11 Å². The number of benzene rings is 1. The molecule has 1 fully saturated rings. The van der Waals surface area contributed by atoms with Crippen molar-refractivity contribution < 1.29 is 9.84 Å². The van der Waals surface area contributed by atoms with Crippen LogP contribution in [0.1, 0.15) is 45.6 Å². The fourth-order valence-electron chi connectivity index (χ4n) is 3.38. The summed E-state index contributed by atoms with van der Waals surface area (Å²) in [4.78, 5) is 0. The lowest BCUT2D eigenvalue weighted by atomic mass is 9.54. The number of methoxy groups -OCH3 is 1. The summed E-state index contributed by atoms with van der Waals surface area (Å²) < 4.78 is 6.16. The first-order valence-electron chi connectivity index (χ1n) is 6.99. The normalized spacial score (nSPS) is 25.6. The number of hydrogen-bond donors (Lipinski definition) is 1. The number of phenols is 1. The molecular weight excluding hydrogens is 316 g/mol. The van der Waals surface area contributed by atoms with E-state index in [0.717, 1.165) is 35.0 Å². The molecule has 1 N–H and O–H groups in total. The molecule has 1 aliphatic rings. The number of aromatic hydroxyl groups is 1. The summed E-state index contributed by atoms with van der Waals surface area (Å²) in [6.45, 7) is 11.0. The number of rotatable bonds is 2. The van der Waals surface area contributed by atoms with Crippen LogP contribution in [-0.2, 0) is 5.41 Å². The molecule has 1 aromatic rings. The van der Waals surface area contributed by atoms with Gasteiger partial charge in [-0.1, -0.05) is 32.9 Å². The van der Waals surface area contributed by atoms with Crippen LogP contribution in [0.2, 0.25) is 0 Å². The molecule has 0 aromatic heterocycles. The van der Waals surface area contributed by atoms with Gasteiger partial charge in [0, 0.05) is 11.0 Å². The standard InChI is InChI=1S/C17H23BrO2/c1-11-7-6-8-16(2,3)17(11,4)12-9-15(20-5)13(18)10-14(12)19/h9-10,19H,1,6-8H2,2-5H3. The van der Waals surface area contributed by atoms with Crippen molar-refractivity contribution in [3.05, 3.63) is 34.3 Å². The molecular formula is C17H23BrO2. The van der Waals surface area contributed by atoms with E-state index in [1.165, 1.54) is 5.57 Å². The maximum absolute atomic E-state index is 10.5. The molecule has 3 heteroatoms. The minimum Gasteiger partial charge on any atom is -0.508 e. The summed E-state index contributed by atoms with van der Waals surface area (Å²) in [6.07, 6.45) is 3.30. The average molecular weight is 339 g/mol. The zero-order valence-electron chi connectivity index (χ0n) is 12.7. The quantitative estimate of drug-likeness (QED) is 0.752. The lowest BCUT2D eigenvalue weighted by Crippen LogP contribution is -2.43. The number of ether oxygens (including phenoxy) is 1. The van der Waals surface area contributed by atoms with Crippen molar-refractivity contribution in [2.24, 2.45) is 5.41 Å². The van der Waals surface area contributed by atoms with Crippen LogP contribution in [0.4, 0.5) is 0 Å². The monoisotopic (exact) mass is 338 g/mol. The van der Waals surface area contributed by atoms with Crippen molar-refractivity contribution in [1.82, 2.24) is 0 Å². The zero-order valence-corrected chi connectivity index (χ0v) is 14.3. The Balaban J connectivity index is 2.66. The van der Waals surface area contributed by atoms with Crippen LogP contribution in [0.15, 0.2) is 28.8 Å². The first-order chi connectivity index (χ1) is 9.24. The van der Waals surface area contributed by atoms with Crippen LogP contribution >= 0.6 is 15.9 Å². The Morgan fingerprint density at radius 3 is 2.50 bits per heavy atom. The van der Waals surface area contributed by atoms with Gasteiger partial charge < -0.3 is 9.84 Å². The van der Waals surface area contributed by atoms with Crippen molar-refractivity contribution in [3.8, 4) is 11.5 Å². The van der Waals surface area contributed by atoms with E-state index in [1.54, 1.807) is 13.2 Å². The molecule has 1 atom stereocenters. The second-order valence-electron chi connectivity index (χ2n) is 6.47. The average Bonchev–Trinajstić information content (AvgIpc) is 2.36. The Bertz CT molecular complexity index is 548. The van der Waals surface area contributed by atoms with Crippen LogP contribution in [0.3, 0.4) is 0 Å². The van der Waals surface area contributed by atoms with Gasteiger partial charge in [-0.3, -0.25) is 0 Å². The molecule has 0 amide bonds. The number of halogens is 1. The van der Waals surface area contributed by atoms with Gasteiger partial charge in [0.25, 0.3) is 0 Å². The summed E-state index contributed by atoms with van der Waals surface area (Å²) in [6, 6.07) is 3.66. The first kappa shape index (κ1) is 15.4. The van der Waals surface area contributed by atoms with Crippen LogP contribution in [0, 0.1) is 5.41 Å². The lowest BCUT2D eigenvalue weighted by Gasteiger charge is -2.50. The van der Waals surface area contributed by atoms with E-state index in [2.05, 4.69) is 43.3 Å². The highest BCUT2D eigenvalue weighted by Gasteiger charge is 2.47. The third-order valence-electron chi connectivity index (χ3n) is 5.15. The van der Waals surface area contributed by atoms with Crippen molar-refractivity contribution in [2.45, 2.75) is 45.4 Å². The topological polar surface area (TPSA) is 29.5 Å². The Hall–Kier alpha value is -0.960. The molecule has 2 nitrogen and oxygen atoms in total. The van der Waals surface area contributed by atoms with E-state index in [0.29, 0.717) is 5.75 Å². The number of allylic oxidation sites excluding steroid dienone is 1. The van der Waals surface area contributed by atoms with Crippen LogP contribution in [0.25, 0.3) is 0 Å². The zero-order chi connectivity index (χ0) is 15.1. The SMILES string of the molecule is C=C1CCCC(C)(C)C1(C)c1cc(OC)c(Br)cc1O. The van der Waals surface area contributed by atoms with Crippen molar-refractivity contribution in [3.63, 3.8) is 0 Å². The van der Waals surface area contributed by atoms with Gasteiger partial charge >= 0.3 is 0 Å². The molecule has 2 rings (SSSR count). The molecule has 0 spiro atoms. The van der Waals surface area contributed by atoms with E-state index in [-0.39, 0.29) is 10.8 Å². The molecule has 0 radical (unpaired) electrons. The molecule has 1 unspecified atom stereocenters. The van der Waals surface area contributed by atoms with Gasteiger partial charge in [-0.15, -0.1) is 0 Å². The molecule has 1 aliphatic carbocycles. The van der Waals surface area contributed by atoms with Gasteiger partial charge in [-0.25, -0.2) is 0 Å². The molecule has 0 bridgehead atoms. The molecule has 0 aliphatic heterocycles. The summed E-state index contributed by atoms with van der Waals surface area (Å²) in [5, 5.41) is 10.5. The van der Waals surface area contributed by atoms with E-state index < -0.39 is 0 Å². The maximum atomic E-state index is 10.5. The van der Waals surface area contributed by atoms with Crippen LogP contribution in [-0.4, -0.2) is 12.2 Å². The molecule has 0 saturated heterocycles. The van der Waals surface area contributed by atoms with Crippen LogP contribution in [0.5, 0.6) is 11.5 Å². The largest absolute Gasteiger partial charge is 0.508 e. The molecule has 110 valence electrons. The Kier molecular flexibility index (Phi) is 3.94. The second-order valence-corrected chi connectivity index (χ2v) is 7.32. The molecule has 1 aromatic carbocycles. The molecule has 1 saturated carbocycles. The van der Waals surface area contributed by atoms with Gasteiger partial charge in [0.1, 0.15) is 11.5 Å². The third-order valence-corrected chi connectivity index (χ3v) is 5.77. The van der Waals surface area contributed by atoms with Gasteiger partial charge in [-0.2, -0.15) is 0 Å². The summed E-state index contributed by atoms with van der Waals surface area (Å²) in [7, 11) is 1.64. The summed E-state index contributed by atoms with van der Waals surface area (Å²) >= 11 is 3.42. The second kappa shape index (κ2) is 5.10. The van der Waals surface area contributed by atoms with Crippen molar-refractivity contribution >= 4 is 15.9 Å². The van der Waals surface area contributed by atoms with Gasteiger partial charge in [0.2, 0.25) is 0 Å². The third kappa shape index (κ3) is 2.16. The maximum Gasteiger partial charge on any atom is 0.133 e. The Labute approximate surface area is 130 Å².